The van der Waals surface area contributed by atoms with Gasteiger partial charge in [-0.3, -0.25) is 9.59 Å². The number of rotatable bonds is 7. The van der Waals surface area contributed by atoms with Crippen LogP contribution in [0.1, 0.15) is 29.9 Å². The van der Waals surface area contributed by atoms with Crippen molar-refractivity contribution in [3.63, 3.8) is 0 Å². The Morgan fingerprint density at radius 1 is 1.30 bits per heavy atom. The maximum absolute atomic E-state index is 11.9. The lowest BCUT2D eigenvalue weighted by Crippen LogP contribution is -2.19. The van der Waals surface area contributed by atoms with Crippen LogP contribution in [0.25, 0.3) is 0 Å². The molecular formula is C15H17N3O3S2. The predicted molar refractivity (Wildman–Crippen MR) is 90.9 cm³/mol. The highest BCUT2D eigenvalue weighted by atomic mass is 32.2. The van der Waals surface area contributed by atoms with Gasteiger partial charge in [0.25, 0.3) is 5.91 Å². The first-order valence-corrected chi connectivity index (χ1v) is 8.91. The summed E-state index contributed by atoms with van der Waals surface area (Å²) in [7, 11) is 0. The van der Waals surface area contributed by atoms with Crippen molar-refractivity contribution in [1.82, 2.24) is 10.2 Å². The van der Waals surface area contributed by atoms with Crippen LogP contribution >= 0.6 is 23.1 Å². The van der Waals surface area contributed by atoms with Crippen LogP contribution in [0.2, 0.25) is 0 Å². The minimum atomic E-state index is -0.309. The number of aromatic nitrogens is 2. The highest BCUT2D eigenvalue weighted by Crippen LogP contribution is 2.24. The molecule has 23 heavy (non-hydrogen) atoms. The summed E-state index contributed by atoms with van der Waals surface area (Å²) in [4.78, 5) is 24.3. The van der Waals surface area contributed by atoms with E-state index in [0.717, 1.165) is 0 Å². The largest absolute Gasteiger partial charge is 0.465 e. The van der Waals surface area contributed by atoms with E-state index in [1.807, 2.05) is 18.4 Å². The predicted octanol–water partition coefficient (Wildman–Crippen LogP) is 3.22. The number of hydrogen-bond acceptors (Lipinski definition) is 7. The number of nitrogens with one attached hydrogen (secondary N) is 1. The van der Waals surface area contributed by atoms with E-state index in [0.29, 0.717) is 28.7 Å². The van der Waals surface area contributed by atoms with Gasteiger partial charge in [-0.15, -0.1) is 21.5 Å². The molecular weight excluding hydrogens is 334 g/mol. The van der Waals surface area contributed by atoms with Crippen LogP contribution in [-0.4, -0.2) is 33.9 Å². The van der Waals surface area contributed by atoms with Crippen molar-refractivity contribution in [2.24, 2.45) is 0 Å². The number of thiophene rings is 1. The third kappa shape index (κ3) is 5.04. The minimum absolute atomic E-state index is 0.215. The zero-order valence-corrected chi connectivity index (χ0v) is 14.4. The van der Waals surface area contributed by atoms with Gasteiger partial charge in [-0.25, -0.2) is 0 Å². The van der Waals surface area contributed by atoms with Crippen molar-refractivity contribution in [3.8, 4) is 0 Å². The van der Waals surface area contributed by atoms with E-state index in [2.05, 4.69) is 15.5 Å². The number of anilines is 1. The molecule has 0 aromatic carbocycles. The average Bonchev–Trinajstić information content (AvgIpc) is 3.09. The molecule has 0 fully saturated rings. The molecule has 0 radical (unpaired) electrons. The van der Waals surface area contributed by atoms with Crippen LogP contribution in [0, 0.1) is 0 Å². The number of nitrogens with zero attached hydrogens (tertiary/aromatic N) is 2. The highest BCUT2D eigenvalue weighted by molar-refractivity contribution is 8.00. The Morgan fingerprint density at radius 3 is 2.70 bits per heavy atom. The van der Waals surface area contributed by atoms with E-state index in [1.54, 1.807) is 25.1 Å². The Hall–Kier alpha value is -1.93. The SMILES string of the molecule is CCOC(=O)[C@@H](CC)Sc1ccc(NC(=O)c2cccs2)nn1. The summed E-state index contributed by atoms with van der Waals surface area (Å²) in [5.74, 6) is -0.0959. The zero-order chi connectivity index (χ0) is 16.7. The quantitative estimate of drug-likeness (QED) is 0.609. The fourth-order valence-electron chi connectivity index (χ4n) is 1.71. The van der Waals surface area contributed by atoms with Crippen molar-refractivity contribution < 1.29 is 14.3 Å². The number of esters is 1. The molecule has 2 heterocycles. The van der Waals surface area contributed by atoms with E-state index in [9.17, 15) is 9.59 Å². The first kappa shape index (κ1) is 17.4. The number of carbonyl (C=O) groups is 2. The first-order chi connectivity index (χ1) is 11.1. The summed E-state index contributed by atoms with van der Waals surface area (Å²) in [6.45, 7) is 4.05. The summed E-state index contributed by atoms with van der Waals surface area (Å²) in [5.41, 5.74) is 0. The fourth-order valence-corrected chi connectivity index (χ4v) is 3.19. The second-order valence-electron chi connectivity index (χ2n) is 4.46. The molecule has 1 amide bonds. The maximum atomic E-state index is 11.9. The van der Waals surface area contributed by atoms with Crippen LogP contribution in [0.5, 0.6) is 0 Å². The van der Waals surface area contributed by atoms with Crippen molar-refractivity contribution >= 4 is 40.8 Å². The maximum Gasteiger partial charge on any atom is 0.319 e. The standard InChI is InChI=1S/C15H17N3O3S2/c1-3-10(15(20)21-4-2)23-13-8-7-12(17-18-13)16-14(19)11-6-5-9-22-11/h5-10H,3-4H2,1-2H3,(H,16,17,19)/t10-/m1/s1. The van der Waals surface area contributed by atoms with Crippen LogP contribution in [0.4, 0.5) is 5.82 Å². The Labute approximate surface area is 142 Å². The summed E-state index contributed by atoms with van der Waals surface area (Å²) in [6, 6.07) is 6.94. The molecule has 2 aromatic rings. The minimum Gasteiger partial charge on any atom is -0.465 e. The summed E-state index contributed by atoms with van der Waals surface area (Å²) in [5, 5.41) is 12.8. The van der Waals surface area contributed by atoms with Crippen molar-refractivity contribution in [2.75, 3.05) is 11.9 Å². The van der Waals surface area contributed by atoms with Gasteiger partial charge in [-0.05, 0) is 36.9 Å². The molecule has 0 aliphatic rings. The van der Waals surface area contributed by atoms with E-state index >= 15 is 0 Å². The molecule has 1 N–H and O–H groups in total. The Bertz CT molecular complexity index is 644. The van der Waals surface area contributed by atoms with E-state index in [4.69, 9.17) is 4.74 Å². The lowest BCUT2D eigenvalue weighted by atomic mass is 10.3. The van der Waals surface area contributed by atoms with Gasteiger partial charge in [0.1, 0.15) is 10.3 Å². The number of ether oxygens (including phenoxy) is 1. The molecule has 122 valence electrons. The molecule has 2 aromatic heterocycles. The summed E-state index contributed by atoms with van der Waals surface area (Å²) >= 11 is 2.66. The topological polar surface area (TPSA) is 81.2 Å². The lowest BCUT2D eigenvalue weighted by Gasteiger charge is -2.12. The Kier molecular flexibility index (Phi) is 6.54. The third-order valence-electron chi connectivity index (χ3n) is 2.81. The Morgan fingerprint density at radius 2 is 2.13 bits per heavy atom. The van der Waals surface area contributed by atoms with Gasteiger partial charge in [0.2, 0.25) is 0 Å². The molecule has 8 heteroatoms. The highest BCUT2D eigenvalue weighted by Gasteiger charge is 2.20. The molecule has 0 spiro atoms. The number of amides is 1. The van der Waals surface area contributed by atoms with Gasteiger partial charge in [0.15, 0.2) is 5.82 Å². The van der Waals surface area contributed by atoms with Crippen LogP contribution < -0.4 is 5.32 Å². The molecule has 0 bridgehead atoms. The molecule has 0 unspecified atom stereocenters. The van der Waals surface area contributed by atoms with Gasteiger partial charge in [0, 0.05) is 0 Å². The summed E-state index contributed by atoms with van der Waals surface area (Å²) < 4.78 is 5.02. The average molecular weight is 351 g/mol. The van der Waals surface area contributed by atoms with Gasteiger partial charge in [-0.1, -0.05) is 24.8 Å². The molecule has 6 nitrogen and oxygen atoms in total. The normalized spacial score (nSPS) is 11.7. The zero-order valence-electron chi connectivity index (χ0n) is 12.8. The van der Waals surface area contributed by atoms with E-state index < -0.39 is 0 Å². The van der Waals surface area contributed by atoms with Crippen LogP contribution in [0.15, 0.2) is 34.7 Å². The van der Waals surface area contributed by atoms with Crippen LogP contribution in [0.3, 0.4) is 0 Å². The van der Waals surface area contributed by atoms with Crippen molar-refractivity contribution in [2.45, 2.75) is 30.5 Å². The number of carbonyl (C=O) groups excluding carboxylic acids is 2. The smallest absolute Gasteiger partial charge is 0.319 e. The van der Waals surface area contributed by atoms with Gasteiger partial charge in [0.05, 0.1) is 11.5 Å². The lowest BCUT2D eigenvalue weighted by molar-refractivity contribution is -0.142. The monoisotopic (exact) mass is 351 g/mol. The Balaban J connectivity index is 1.96. The molecule has 0 aliphatic carbocycles. The van der Waals surface area contributed by atoms with Gasteiger partial charge in [-0.2, -0.15) is 0 Å². The molecule has 0 saturated heterocycles. The number of hydrogen-bond donors (Lipinski definition) is 1. The van der Waals surface area contributed by atoms with Crippen molar-refractivity contribution in [1.29, 1.82) is 0 Å². The van der Waals surface area contributed by atoms with E-state index in [-0.39, 0.29) is 17.1 Å². The van der Waals surface area contributed by atoms with E-state index in [1.165, 1.54) is 23.1 Å². The fraction of sp³-hybridized carbons (Fsp3) is 0.333. The molecule has 1 atom stereocenters. The number of thioether (sulfide) groups is 1. The van der Waals surface area contributed by atoms with Gasteiger partial charge >= 0.3 is 5.97 Å². The van der Waals surface area contributed by atoms with Crippen molar-refractivity contribution in [3.05, 3.63) is 34.5 Å². The third-order valence-corrected chi connectivity index (χ3v) is 4.95. The van der Waals surface area contributed by atoms with Gasteiger partial charge < -0.3 is 10.1 Å². The molecule has 0 saturated carbocycles. The molecule has 0 aliphatic heterocycles. The second-order valence-corrected chi connectivity index (χ2v) is 6.63. The molecule has 2 rings (SSSR count). The summed E-state index contributed by atoms with van der Waals surface area (Å²) in [6.07, 6.45) is 0.641. The van der Waals surface area contributed by atoms with Crippen LogP contribution in [-0.2, 0) is 9.53 Å². The first-order valence-electron chi connectivity index (χ1n) is 7.16. The second kappa shape index (κ2) is 8.64.